The third kappa shape index (κ3) is 9.26. The number of nitrogens with one attached hydrogen (secondary N) is 2. The molecule has 2 amide bonds. The van der Waals surface area contributed by atoms with E-state index in [0.717, 1.165) is 6.42 Å². The number of urea groups is 1. The second-order valence-corrected chi connectivity index (χ2v) is 5.92. The summed E-state index contributed by atoms with van der Waals surface area (Å²) in [4.78, 5) is 22.1. The smallest absolute Gasteiger partial charge is 0.314 e. The number of aliphatic carboxylic acids is 1. The molecule has 1 unspecified atom stereocenters. The second-order valence-electron chi connectivity index (χ2n) is 5.92. The summed E-state index contributed by atoms with van der Waals surface area (Å²) in [6.45, 7) is 7.26. The molecule has 0 aliphatic heterocycles. The van der Waals surface area contributed by atoms with Crippen LogP contribution in [0.5, 0.6) is 0 Å². The fourth-order valence-electron chi connectivity index (χ4n) is 1.98. The third-order valence-electron chi connectivity index (χ3n) is 3.26. The van der Waals surface area contributed by atoms with Crippen LogP contribution in [0.15, 0.2) is 0 Å². The minimum absolute atomic E-state index is 0.0249. The van der Waals surface area contributed by atoms with E-state index in [2.05, 4.69) is 37.3 Å². The molecule has 0 heterocycles. The van der Waals surface area contributed by atoms with E-state index < -0.39 is 5.97 Å². The van der Waals surface area contributed by atoms with Gasteiger partial charge in [0.25, 0.3) is 0 Å². The number of terminal acetylenes is 1. The lowest BCUT2D eigenvalue weighted by atomic mass is 9.76. The molecule has 0 spiro atoms. The number of carbonyl (C=O) groups excluding carboxylic acids is 1. The summed E-state index contributed by atoms with van der Waals surface area (Å²) < 4.78 is 0. The van der Waals surface area contributed by atoms with E-state index in [9.17, 15) is 9.59 Å². The maximum absolute atomic E-state index is 11.4. The van der Waals surface area contributed by atoms with Crippen molar-refractivity contribution < 1.29 is 14.7 Å². The normalized spacial score (nSPS) is 12.3. The maximum Gasteiger partial charge on any atom is 0.314 e. The highest BCUT2D eigenvalue weighted by Crippen LogP contribution is 2.32. The molecule has 0 aliphatic rings. The van der Waals surface area contributed by atoms with Crippen LogP contribution in [0.4, 0.5) is 4.79 Å². The number of rotatable bonds is 8. The minimum atomic E-state index is -0.778. The third-order valence-corrected chi connectivity index (χ3v) is 3.26. The zero-order chi connectivity index (χ0) is 15.6. The molecule has 5 heteroatoms. The van der Waals surface area contributed by atoms with E-state index in [1.54, 1.807) is 0 Å². The van der Waals surface area contributed by atoms with Crippen LogP contribution in [0, 0.1) is 23.7 Å². The van der Waals surface area contributed by atoms with Gasteiger partial charge < -0.3 is 15.7 Å². The predicted molar refractivity (Wildman–Crippen MR) is 79.3 cm³/mol. The molecule has 20 heavy (non-hydrogen) atoms. The van der Waals surface area contributed by atoms with Crippen LogP contribution >= 0.6 is 0 Å². The number of hydrogen-bond donors (Lipinski definition) is 3. The lowest BCUT2D eigenvalue weighted by Gasteiger charge is -2.30. The van der Waals surface area contributed by atoms with Gasteiger partial charge in [-0.2, -0.15) is 0 Å². The maximum atomic E-state index is 11.4. The largest absolute Gasteiger partial charge is 0.481 e. The Bertz CT molecular complexity index is 353. The van der Waals surface area contributed by atoms with E-state index in [0.29, 0.717) is 25.9 Å². The van der Waals surface area contributed by atoms with Gasteiger partial charge in [0.15, 0.2) is 0 Å². The number of carboxylic acids is 1. The van der Waals surface area contributed by atoms with Gasteiger partial charge in [-0.1, -0.05) is 20.8 Å². The van der Waals surface area contributed by atoms with Crippen LogP contribution < -0.4 is 10.6 Å². The SMILES string of the molecule is C#CCCNC(=O)NCCC(CCC(=O)O)C(C)(C)C. The monoisotopic (exact) mass is 282 g/mol. The van der Waals surface area contributed by atoms with Crippen molar-refractivity contribution in [3.8, 4) is 12.3 Å². The first-order valence-electron chi connectivity index (χ1n) is 6.94. The van der Waals surface area contributed by atoms with E-state index in [-0.39, 0.29) is 23.8 Å². The van der Waals surface area contributed by atoms with Gasteiger partial charge in [0.1, 0.15) is 0 Å². The molecule has 114 valence electrons. The van der Waals surface area contributed by atoms with E-state index in [1.807, 2.05) is 0 Å². The predicted octanol–water partition coefficient (Wildman–Crippen LogP) is 2.23. The van der Waals surface area contributed by atoms with Gasteiger partial charge in [-0.05, 0) is 24.2 Å². The highest BCUT2D eigenvalue weighted by molar-refractivity contribution is 5.73. The molecule has 1 atom stereocenters. The summed E-state index contributed by atoms with van der Waals surface area (Å²) >= 11 is 0. The van der Waals surface area contributed by atoms with E-state index in [4.69, 9.17) is 11.5 Å². The average Bonchev–Trinajstić information content (AvgIpc) is 2.31. The van der Waals surface area contributed by atoms with Crippen LogP contribution in [0.2, 0.25) is 0 Å². The first-order chi connectivity index (χ1) is 9.27. The van der Waals surface area contributed by atoms with Crippen LogP contribution in [-0.2, 0) is 4.79 Å². The first-order valence-corrected chi connectivity index (χ1v) is 6.94. The highest BCUT2D eigenvalue weighted by atomic mass is 16.4. The van der Waals surface area contributed by atoms with Crippen LogP contribution in [0.3, 0.4) is 0 Å². The van der Waals surface area contributed by atoms with Gasteiger partial charge in [0.2, 0.25) is 0 Å². The molecular weight excluding hydrogens is 256 g/mol. The van der Waals surface area contributed by atoms with Gasteiger partial charge in [-0.15, -0.1) is 12.3 Å². The lowest BCUT2D eigenvalue weighted by Crippen LogP contribution is -2.37. The number of hydrogen-bond acceptors (Lipinski definition) is 2. The summed E-state index contributed by atoms with van der Waals surface area (Å²) in [5.74, 6) is 1.92. The molecular formula is C15H26N2O3. The van der Waals surface area contributed by atoms with E-state index >= 15 is 0 Å². The Labute approximate surface area is 121 Å². The molecule has 0 aliphatic carbocycles. The molecule has 0 radical (unpaired) electrons. The van der Waals surface area contributed by atoms with Crippen molar-refractivity contribution in [3.63, 3.8) is 0 Å². The Morgan fingerprint density at radius 3 is 2.30 bits per heavy atom. The Hall–Kier alpha value is -1.70. The van der Waals surface area contributed by atoms with Gasteiger partial charge >= 0.3 is 12.0 Å². The summed E-state index contributed by atoms with van der Waals surface area (Å²) in [7, 11) is 0. The molecule has 5 nitrogen and oxygen atoms in total. The van der Waals surface area contributed by atoms with Crippen molar-refractivity contribution in [1.29, 1.82) is 0 Å². The van der Waals surface area contributed by atoms with Crippen LogP contribution in [0.25, 0.3) is 0 Å². The quantitative estimate of drug-likeness (QED) is 0.472. The molecule has 0 saturated heterocycles. The summed E-state index contributed by atoms with van der Waals surface area (Å²) in [5.41, 5.74) is 0.0249. The van der Waals surface area contributed by atoms with Crippen LogP contribution in [-0.4, -0.2) is 30.2 Å². The summed E-state index contributed by atoms with van der Waals surface area (Å²) in [5, 5.41) is 14.2. The zero-order valence-electron chi connectivity index (χ0n) is 12.7. The van der Waals surface area contributed by atoms with Gasteiger partial charge in [-0.25, -0.2) is 4.79 Å². The lowest BCUT2D eigenvalue weighted by molar-refractivity contribution is -0.137. The Kier molecular flexibility index (Phi) is 8.46. The summed E-state index contributed by atoms with van der Waals surface area (Å²) in [6.07, 6.45) is 7.15. The fourth-order valence-corrected chi connectivity index (χ4v) is 1.98. The van der Waals surface area contributed by atoms with Gasteiger partial charge in [0, 0.05) is 25.9 Å². The van der Waals surface area contributed by atoms with Gasteiger partial charge in [0.05, 0.1) is 0 Å². The van der Waals surface area contributed by atoms with Crippen molar-refractivity contribution in [2.45, 2.75) is 46.5 Å². The molecule has 3 N–H and O–H groups in total. The van der Waals surface area contributed by atoms with Gasteiger partial charge in [-0.3, -0.25) is 4.79 Å². The van der Waals surface area contributed by atoms with Crippen LogP contribution in [0.1, 0.15) is 46.5 Å². The summed E-state index contributed by atoms with van der Waals surface area (Å²) in [6, 6.07) is -0.230. The molecule has 0 aromatic heterocycles. The number of carboxylic acid groups (broad SMARTS) is 1. The van der Waals surface area contributed by atoms with Crippen molar-refractivity contribution >= 4 is 12.0 Å². The molecule has 0 bridgehead atoms. The first kappa shape index (κ1) is 18.3. The molecule has 0 aromatic carbocycles. The standard InChI is InChI=1S/C15H26N2O3/c1-5-6-10-16-14(20)17-11-9-12(15(2,3)4)7-8-13(18)19/h1,12H,6-11H2,2-4H3,(H,18,19)(H2,16,17,20). The topological polar surface area (TPSA) is 78.4 Å². The van der Waals surface area contributed by atoms with Crippen molar-refractivity contribution in [2.24, 2.45) is 11.3 Å². The second kappa shape index (κ2) is 9.24. The van der Waals surface area contributed by atoms with Crippen molar-refractivity contribution in [2.75, 3.05) is 13.1 Å². The van der Waals surface area contributed by atoms with Crippen molar-refractivity contribution in [1.82, 2.24) is 10.6 Å². The minimum Gasteiger partial charge on any atom is -0.481 e. The molecule has 0 fully saturated rings. The Morgan fingerprint density at radius 1 is 1.20 bits per heavy atom. The van der Waals surface area contributed by atoms with E-state index in [1.165, 1.54) is 0 Å². The fraction of sp³-hybridized carbons (Fsp3) is 0.733. The number of carbonyl (C=O) groups is 2. The molecule has 0 saturated carbocycles. The molecule has 0 aromatic rings. The zero-order valence-corrected chi connectivity index (χ0v) is 12.7. The Balaban J connectivity index is 4.05. The Morgan fingerprint density at radius 2 is 1.80 bits per heavy atom. The van der Waals surface area contributed by atoms with Crippen molar-refractivity contribution in [3.05, 3.63) is 0 Å². The molecule has 0 rings (SSSR count). The number of amides is 2. The average molecular weight is 282 g/mol. The highest BCUT2D eigenvalue weighted by Gasteiger charge is 2.24.